The van der Waals surface area contributed by atoms with Crippen LogP contribution in [0.1, 0.15) is 44.2 Å². The van der Waals surface area contributed by atoms with Gasteiger partial charge in [0.1, 0.15) is 17.5 Å². The van der Waals surface area contributed by atoms with Gasteiger partial charge in [0.2, 0.25) is 5.95 Å². The largest absolute Gasteiger partial charge is 0.372 e. The number of nitriles is 1. The summed E-state index contributed by atoms with van der Waals surface area (Å²) in [6, 6.07) is 12.8. The number of nitrogens with one attached hydrogen (secondary N) is 2. The minimum atomic E-state index is 0.00724. The standard InChI is InChI=1S/C27H38N8O/c1-20-17-34(26-31-16-24(15-28)25(29-3)32-26)18-21(2)35(20)27(36)30-12-9-22-10-13-33(14-11-22)19-23-7-5-4-6-8-23/h4-8,16,20-22H,9-14,17-19H2,1-3H3,(H,30,36)(H,29,31,32)/t20-,21+. The molecule has 0 unspecified atom stereocenters. The normalized spacial score (nSPS) is 21.2. The number of nitrogens with zero attached hydrogens (tertiary/aromatic N) is 6. The van der Waals surface area contributed by atoms with E-state index in [4.69, 9.17) is 0 Å². The molecule has 1 aromatic heterocycles. The lowest BCUT2D eigenvalue weighted by Gasteiger charge is -2.44. The third-order valence-electron chi connectivity index (χ3n) is 7.35. The Balaban J connectivity index is 1.21. The monoisotopic (exact) mass is 490 g/mol. The van der Waals surface area contributed by atoms with Crippen molar-refractivity contribution >= 4 is 17.8 Å². The van der Waals surface area contributed by atoms with E-state index in [1.165, 1.54) is 18.4 Å². The van der Waals surface area contributed by atoms with Crippen LogP contribution in [-0.2, 0) is 6.54 Å². The summed E-state index contributed by atoms with van der Waals surface area (Å²) in [6.45, 7) is 9.40. The van der Waals surface area contributed by atoms with Crippen molar-refractivity contribution in [3.63, 3.8) is 0 Å². The molecule has 0 saturated carbocycles. The Labute approximate surface area is 214 Å². The number of likely N-dealkylation sites (tertiary alicyclic amines) is 1. The summed E-state index contributed by atoms with van der Waals surface area (Å²) in [7, 11) is 1.74. The summed E-state index contributed by atoms with van der Waals surface area (Å²) in [5, 5.41) is 15.4. The van der Waals surface area contributed by atoms with Gasteiger partial charge in [-0.3, -0.25) is 4.90 Å². The van der Waals surface area contributed by atoms with Crippen molar-refractivity contribution in [2.24, 2.45) is 5.92 Å². The van der Waals surface area contributed by atoms with Crippen molar-refractivity contribution in [3.8, 4) is 6.07 Å². The molecule has 0 radical (unpaired) electrons. The molecule has 9 heteroatoms. The van der Waals surface area contributed by atoms with Crippen molar-refractivity contribution in [1.82, 2.24) is 25.1 Å². The molecule has 192 valence electrons. The van der Waals surface area contributed by atoms with Crippen molar-refractivity contribution < 1.29 is 4.79 Å². The number of hydrogen-bond donors (Lipinski definition) is 2. The van der Waals surface area contributed by atoms with E-state index in [0.717, 1.165) is 26.1 Å². The van der Waals surface area contributed by atoms with Crippen LogP contribution in [0.3, 0.4) is 0 Å². The van der Waals surface area contributed by atoms with Crippen molar-refractivity contribution in [1.29, 1.82) is 5.26 Å². The number of carbonyl (C=O) groups is 1. The molecule has 9 nitrogen and oxygen atoms in total. The number of piperidine rings is 1. The van der Waals surface area contributed by atoms with Crippen LogP contribution in [-0.4, -0.2) is 77.7 Å². The third-order valence-corrected chi connectivity index (χ3v) is 7.35. The summed E-state index contributed by atoms with van der Waals surface area (Å²) in [4.78, 5) is 28.5. The molecule has 2 atom stereocenters. The number of amides is 2. The van der Waals surface area contributed by atoms with Crippen molar-refractivity contribution in [3.05, 3.63) is 47.7 Å². The highest BCUT2D eigenvalue weighted by Gasteiger charge is 2.34. The number of carbonyl (C=O) groups excluding carboxylic acids is 1. The Morgan fingerprint density at radius 2 is 1.83 bits per heavy atom. The lowest BCUT2D eigenvalue weighted by molar-refractivity contribution is 0.139. The summed E-state index contributed by atoms with van der Waals surface area (Å²) in [6.07, 6.45) is 4.95. The summed E-state index contributed by atoms with van der Waals surface area (Å²) < 4.78 is 0. The Bertz CT molecular complexity index is 1040. The Morgan fingerprint density at radius 3 is 2.47 bits per heavy atom. The SMILES string of the molecule is CNc1nc(N2C[C@@H](C)N(C(=O)NCCC3CCN(Cc4ccccc4)CC3)[C@@H](C)C2)ncc1C#N. The first-order valence-electron chi connectivity index (χ1n) is 13.0. The number of aromatic nitrogens is 2. The van der Waals surface area contributed by atoms with Gasteiger partial charge < -0.3 is 20.4 Å². The summed E-state index contributed by atoms with van der Waals surface area (Å²) in [5.74, 6) is 1.77. The fraction of sp³-hybridized carbons (Fsp3) is 0.556. The quantitative estimate of drug-likeness (QED) is 0.614. The Kier molecular flexibility index (Phi) is 8.60. The van der Waals surface area contributed by atoms with Gasteiger partial charge >= 0.3 is 6.03 Å². The topological polar surface area (TPSA) is 100 Å². The van der Waals surface area contributed by atoms with E-state index in [9.17, 15) is 10.1 Å². The van der Waals surface area contributed by atoms with Crippen LogP contribution in [0.5, 0.6) is 0 Å². The number of benzene rings is 1. The molecule has 36 heavy (non-hydrogen) atoms. The number of hydrogen-bond acceptors (Lipinski definition) is 7. The summed E-state index contributed by atoms with van der Waals surface area (Å²) >= 11 is 0. The van der Waals surface area contributed by atoms with E-state index in [-0.39, 0.29) is 18.1 Å². The molecule has 0 bridgehead atoms. The fourth-order valence-corrected chi connectivity index (χ4v) is 5.43. The molecule has 1 aromatic carbocycles. The predicted octanol–water partition coefficient (Wildman–Crippen LogP) is 3.30. The van der Waals surface area contributed by atoms with Gasteiger partial charge in [-0.15, -0.1) is 0 Å². The maximum atomic E-state index is 13.1. The van der Waals surface area contributed by atoms with Gasteiger partial charge in [0.25, 0.3) is 0 Å². The van der Waals surface area contributed by atoms with Crippen LogP contribution in [0.2, 0.25) is 0 Å². The highest BCUT2D eigenvalue weighted by atomic mass is 16.2. The molecule has 2 aromatic rings. The number of rotatable bonds is 7. The van der Waals surface area contributed by atoms with E-state index in [2.05, 4.69) is 80.6 Å². The second-order valence-electron chi connectivity index (χ2n) is 10.0. The maximum Gasteiger partial charge on any atom is 0.318 e. The first-order chi connectivity index (χ1) is 17.5. The number of urea groups is 1. The van der Waals surface area contributed by atoms with Crippen molar-refractivity contribution in [2.75, 3.05) is 50.0 Å². The van der Waals surface area contributed by atoms with Gasteiger partial charge in [-0.1, -0.05) is 30.3 Å². The van der Waals surface area contributed by atoms with Crippen LogP contribution in [0, 0.1) is 17.2 Å². The minimum absolute atomic E-state index is 0.00724. The van der Waals surface area contributed by atoms with Crippen LogP contribution < -0.4 is 15.5 Å². The van der Waals surface area contributed by atoms with Crippen LogP contribution >= 0.6 is 0 Å². The second kappa shape index (κ2) is 12.0. The molecule has 2 N–H and O–H groups in total. The van der Waals surface area contributed by atoms with Gasteiger partial charge in [-0.25, -0.2) is 9.78 Å². The van der Waals surface area contributed by atoms with Crippen LogP contribution in [0.25, 0.3) is 0 Å². The lowest BCUT2D eigenvalue weighted by atomic mass is 9.93. The molecular weight excluding hydrogens is 452 g/mol. The molecular formula is C27H38N8O. The zero-order valence-electron chi connectivity index (χ0n) is 21.7. The molecule has 2 aliphatic heterocycles. The average Bonchev–Trinajstić information content (AvgIpc) is 2.89. The maximum absolute atomic E-state index is 13.1. The molecule has 0 aliphatic carbocycles. The smallest absolute Gasteiger partial charge is 0.318 e. The second-order valence-corrected chi connectivity index (χ2v) is 10.0. The van der Waals surface area contributed by atoms with E-state index < -0.39 is 0 Å². The van der Waals surface area contributed by atoms with Gasteiger partial charge in [-0.2, -0.15) is 10.2 Å². The van der Waals surface area contributed by atoms with Crippen LogP contribution in [0.15, 0.2) is 36.5 Å². The van der Waals surface area contributed by atoms with Crippen LogP contribution in [0.4, 0.5) is 16.6 Å². The highest BCUT2D eigenvalue weighted by molar-refractivity contribution is 5.75. The summed E-state index contributed by atoms with van der Waals surface area (Å²) in [5.41, 5.74) is 1.79. The third kappa shape index (κ3) is 6.24. The first-order valence-corrected chi connectivity index (χ1v) is 13.0. The van der Waals surface area contributed by atoms with Gasteiger partial charge in [0.15, 0.2) is 0 Å². The number of anilines is 2. The molecule has 2 aliphatic rings. The van der Waals surface area contributed by atoms with E-state index in [1.54, 1.807) is 13.2 Å². The predicted molar refractivity (Wildman–Crippen MR) is 142 cm³/mol. The van der Waals surface area contributed by atoms with E-state index in [0.29, 0.717) is 42.9 Å². The molecule has 3 heterocycles. The van der Waals surface area contributed by atoms with Gasteiger partial charge in [0.05, 0.1) is 6.20 Å². The van der Waals surface area contributed by atoms with Crippen molar-refractivity contribution in [2.45, 2.75) is 51.7 Å². The lowest BCUT2D eigenvalue weighted by Crippen LogP contribution is -2.61. The first kappa shape index (κ1) is 25.7. The van der Waals surface area contributed by atoms with E-state index >= 15 is 0 Å². The zero-order chi connectivity index (χ0) is 25.5. The zero-order valence-corrected chi connectivity index (χ0v) is 21.7. The minimum Gasteiger partial charge on any atom is -0.372 e. The molecule has 4 rings (SSSR count). The Morgan fingerprint density at radius 1 is 1.14 bits per heavy atom. The fourth-order valence-electron chi connectivity index (χ4n) is 5.43. The molecule has 2 fully saturated rings. The molecule has 0 spiro atoms. The van der Waals surface area contributed by atoms with E-state index in [1.807, 2.05) is 4.90 Å². The Hall–Kier alpha value is -3.38. The highest BCUT2D eigenvalue weighted by Crippen LogP contribution is 2.23. The van der Waals surface area contributed by atoms with Gasteiger partial charge in [-0.05, 0) is 57.7 Å². The van der Waals surface area contributed by atoms with Gasteiger partial charge in [0, 0.05) is 45.3 Å². The average molecular weight is 491 g/mol. The number of piperazine rings is 1. The molecule has 2 saturated heterocycles. The molecule has 2 amide bonds.